The highest BCUT2D eigenvalue weighted by Crippen LogP contribution is 1.94. The summed E-state index contributed by atoms with van der Waals surface area (Å²) < 4.78 is 0. The van der Waals surface area contributed by atoms with Crippen LogP contribution in [0.25, 0.3) is 0 Å². The topological polar surface area (TPSA) is 24.4 Å². The Bertz CT molecular complexity index is 128. The summed E-state index contributed by atoms with van der Waals surface area (Å²) in [4.78, 5) is 0.831. The maximum atomic E-state index is 4.77. The zero-order valence-electron chi connectivity index (χ0n) is 4.06. The van der Waals surface area contributed by atoms with Crippen molar-refractivity contribution in [2.45, 2.75) is 13.3 Å². The summed E-state index contributed by atoms with van der Waals surface area (Å²) in [6.45, 7) is 1.95. The van der Waals surface area contributed by atoms with E-state index in [9.17, 15) is 0 Å². The van der Waals surface area contributed by atoms with Crippen molar-refractivity contribution in [2.75, 3.05) is 0 Å². The van der Waals surface area contributed by atoms with Crippen LogP contribution in [0, 0.1) is 0 Å². The van der Waals surface area contributed by atoms with Crippen LogP contribution in [0.2, 0.25) is 0 Å². The van der Waals surface area contributed by atoms with E-state index in [1.165, 1.54) is 0 Å². The first-order chi connectivity index (χ1) is 3.29. The van der Waals surface area contributed by atoms with Gasteiger partial charge in [-0.15, -0.1) is 0 Å². The Morgan fingerprint density at radius 3 is 2.71 bits per heavy atom. The van der Waals surface area contributed by atoms with Crippen molar-refractivity contribution in [3.05, 3.63) is 0 Å². The Balaban J connectivity index is 2.58. The lowest BCUT2D eigenvalue weighted by molar-refractivity contribution is 1.07. The molecule has 0 fully saturated rings. The SMILES string of the molecule is CC1=NNC(=S)C1. The third kappa shape index (κ3) is 0.962. The van der Waals surface area contributed by atoms with E-state index in [4.69, 9.17) is 12.2 Å². The molecule has 0 unspecified atom stereocenters. The van der Waals surface area contributed by atoms with Gasteiger partial charge < -0.3 is 0 Å². The number of hydrazone groups is 1. The van der Waals surface area contributed by atoms with E-state index in [2.05, 4.69) is 10.5 Å². The van der Waals surface area contributed by atoms with Crippen LogP contribution in [0.1, 0.15) is 13.3 Å². The summed E-state index contributed by atoms with van der Waals surface area (Å²) >= 11 is 4.77. The second kappa shape index (κ2) is 1.58. The van der Waals surface area contributed by atoms with Gasteiger partial charge in [-0.2, -0.15) is 5.10 Å². The van der Waals surface area contributed by atoms with Crippen molar-refractivity contribution in [3.63, 3.8) is 0 Å². The lowest BCUT2D eigenvalue weighted by atomic mass is 10.3. The summed E-state index contributed by atoms with van der Waals surface area (Å²) in [5.41, 5.74) is 3.76. The summed E-state index contributed by atoms with van der Waals surface area (Å²) in [6.07, 6.45) is 0.843. The molecule has 0 aromatic carbocycles. The van der Waals surface area contributed by atoms with Gasteiger partial charge >= 0.3 is 0 Å². The van der Waals surface area contributed by atoms with Crippen LogP contribution in [0.4, 0.5) is 0 Å². The zero-order valence-corrected chi connectivity index (χ0v) is 4.88. The smallest absolute Gasteiger partial charge is 0.102 e. The van der Waals surface area contributed by atoms with Gasteiger partial charge in [-0.05, 0) is 6.92 Å². The van der Waals surface area contributed by atoms with Crippen molar-refractivity contribution >= 4 is 22.9 Å². The standard InChI is InChI=1S/C4H6N2S/c1-3-2-4(7)6-5-3/h2H2,1H3,(H,6,7). The number of thiocarbonyl (C=S) groups is 1. The molecule has 38 valence electrons. The van der Waals surface area contributed by atoms with Crippen LogP contribution >= 0.6 is 12.2 Å². The highest BCUT2D eigenvalue weighted by atomic mass is 32.1. The summed E-state index contributed by atoms with van der Waals surface area (Å²) in [5, 5.41) is 3.84. The Morgan fingerprint density at radius 1 is 1.86 bits per heavy atom. The van der Waals surface area contributed by atoms with E-state index < -0.39 is 0 Å². The van der Waals surface area contributed by atoms with Crippen molar-refractivity contribution in [1.82, 2.24) is 5.43 Å². The maximum absolute atomic E-state index is 4.77. The van der Waals surface area contributed by atoms with Crippen molar-refractivity contribution in [3.8, 4) is 0 Å². The van der Waals surface area contributed by atoms with Crippen LogP contribution in [0.15, 0.2) is 5.10 Å². The Hall–Kier alpha value is -0.440. The number of hydrogen-bond donors (Lipinski definition) is 1. The third-order valence-corrected chi connectivity index (χ3v) is 1.02. The fourth-order valence-electron chi connectivity index (χ4n) is 0.469. The van der Waals surface area contributed by atoms with Crippen LogP contribution in [-0.4, -0.2) is 10.7 Å². The first kappa shape index (κ1) is 4.71. The molecular formula is C4H6N2S. The van der Waals surface area contributed by atoms with Crippen LogP contribution < -0.4 is 5.43 Å². The Morgan fingerprint density at radius 2 is 2.57 bits per heavy atom. The quantitative estimate of drug-likeness (QED) is 0.468. The number of hydrogen-bond acceptors (Lipinski definition) is 2. The third-order valence-electron chi connectivity index (χ3n) is 0.788. The largest absolute Gasteiger partial charge is 0.271 e. The molecule has 0 saturated carbocycles. The van der Waals surface area contributed by atoms with Gasteiger partial charge in [0.15, 0.2) is 0 Å². The summed E-state index contributed by atoms with van der Waals surface area (Å²) in [7, 11) is 0. The minimum absolute atomic E-state index is 0.831. The van der Waals surface area contributed by atoms with Gasteiger partial charge in [0.05, 0.1) is 0 Å². The molecule has 1 aliphatic heterocycles. The van der Waals surface area contributed by atoms with E-state index in [1.807, 2.05) is 6.92 Å². The van der Waals surface area contributed by atoms with Gasteiger partial charge in [-0.3, -0.25) is 5.43 Å². The minimum Gasteiger partial charge on any atom is -0.271 e. The molecule has 0 spiro atoms. The minimum atomic E-state index is 0.831. The van der Waals surface area contributed by atoms with Gasteiger partial charge in [-0.25, -0.2) is 0 Å². The lowest BCUT2D eigenvalue weighted by Gasteiger charge is -1.82. The molecule has 0 aliphatic carbocycles. The first-order valence-corrected chi connectivity index (χ1v) is 2.52. The van der Waals surface area contributed by atoms with E-state index in [1.54, 1.807) is 0 Å². The fourth-order valence-corrected chi connectivity index (χ4v) is 0.724. The number of nitrogens with one attached hydrogen (secondary N) is 1. The molecule has 0 aromatic heterocycles. The van der Waals surface area contributed by atoms with Gasteiger partial charge in [0.25, 0.3) is 0 Å². The predicted molar refractivity (Wildman–Crippen MR) is 33.5 cm³/mol. The molecule has 0 radical (unpaired) electrons. The monoisotopic (exact) mass is 114 g/mol. The van der Waals surface area contributed by atoms with Gasteiger partial charge in [-0.1, -0.05) is 12.2 Å². The second-order valence-electron chi connectivity index (χ2n) is 1.56. The average Bonchev–Trinajstić information content (AvgIpc) is 1.87. The molecule has 0 saturated heterocycles. The average molecular weight is 114 g/mol. The molecule has 1 heterocycles. The predicted octanol–water partition coefficient (Wildman–Crippen LogP) is 0.683. The number of nitrogens with zero attached hydrogens (tertiary/aromatic N) is 1. The maximum Gasteiger partial charge on any atom is 0.102 e. The normalized spacial score (nSPS) is 19.0. The Labute approximate surface area is 47.6 Å². The molecule has 1 N–H and O–H groups in total. The molecule has 2 nitrogen and oxygen atoms in total. The van der Waals surface area contributed by atoms with E-state index in [-0.39, 0.29) is 0 Å². The molecule has 1 aliphatic rings. The molecule has 3 heteroatoms. The van der Waals surface area contributed by atoms with Gasteiger partial charge in [0, 0.05) is 12.1 Å². The molecule has 0 bridgehead atoms. The molecule has 7 heavy (non-hydrogen) atoms. The fraction of sp³-hybridized carbons (Fsp3) is 0.500. The summed E-state index contributed by atoms with van der Waals surface area (Å²) in [5.74, 6) is 0. The lowest BCUT2D eigenvalue weighted by Crippen LogP contribution is -2.05. The molecule has 0 amide bonds. The number of rotatable bonds is 0. The van der Waals surface area contributed by atoms with Crippen LogP contribution in [0.3, 0.4) is 0 Å². The molecule has 0 aromatic rings. The highest BCUT2D eigenvalue weighted by Gasteiger charge is 2.03. The van der Waals surface area contributed by atoms with Crippen LogP contribution in [0.5, 0.6) is 0 Å². The molecular weight excluding hydrogens is 108 g/mol. The zero-order chi connectivity index (χ0) is 5.28. The highest BCUT2D eigenvalue weighted by molar-refractivity contribution is 7.80. The van der Waals surface area contributed by atoms with E-state index >= 15 is 0 Å². The van der Waals surface area contributed by atoms with Gasteiger partial charge in [0.2, 0.25) is 0 Å². The van der Waals surface area contributed by atoms with E-state index in [0.29, 0.717) is 0 Å². The summed E-state index contributed by atoms with van der Waals surface area (Å²) in [6, 6.07) is 0. The van der Waals surface area contributed by atoms with Crippen LogP contribution in [-0.2, 0) is 0 Å². The van der Waals surface area contributed by atoms with Crippen molar-refractivity contribution < 1.29 is 0 Å². The Kier molecular flexibility index (Phi) is 1.06. The van der Waals surface area contributed by atoms with Crippen molar-refractivity contribution in [1.29, 1.82) is 0 Å². The molecule has 1 rings (SSSR count). The molecule has 0 atom stereocenters. The van der Waals surface area contributed by atoms with E-state index in [0.717, 1.165) is 17.1 Å². The second-order valence-corrected chi connectivity index (χ2v) is 2.05. The van der Waals surface area contributed by atoms with Gasteiger partial charge in [0.1, 0.15) is 4.99 Å². The van der Waals surface area contributed by atoms with Crippen molar-refractivity contribution in [2.24, 2.45) is 5.10 Å². The first-order valence-electron chi connectivity index (χ1n) is 2.11.